The highest BCUT2D eigenvalue weighted by atomic mass is 14.6. The number of aromatic nitrogens is 2. The van der Waals surface area contributed by atoms with Gasteiger partial charge in [0.15, 0.2) is 0 Å². The fourth-order valence-corrected chi connectivity index (χ4v) is 1.69. The normalized spacial score (nSPS) is 10.6. The van der Waals surface area contributed by atoms with E-state index in [0.717, 1.165) is 0 Å². The van der Waals surface area contributed by atoms with Crippen molar-refractivity contribution in [3.05, 3.63) is 48.0 Å². The van der Waals surface area contributed by atoms with Gasteiger partial charge in [-0.1, -0.05) is 0 Å². The van der Waals surface area contributed by atoms with Gasteiger partial charge < -0.3 is 9.97 Å². The molecule has 74 valence electrons. The fourth-order valence-electron chi connectivity index (χ4n) is 1.69. The Labute approximate surface area is 84.4 Å². The molecule has 0 spiro atoms. The lowest BCUT2D eigenvalue weighted by molar-refractivity contribution is 0.735. The molecule has 0 unspecified atom stereocenters. The van der Waals surface area contributed by atoms with Crippen molar-refractivity contribution in [2.45, 2.75) is 25.7 Å². The first-order valence-corrected chi connectivity index (χ1v) is 5.18. The summed E-state index contributed by atoms with van der Waals surface area (Å²) in [6.45, 7) is 0. The molecule has 0 saturated carbocycles. The van der Waals surface area contributed by atoms with Crippen molar-refractivity contribution in [3.63, 3.8) is 0 Å². The number of aryl methyl sites for hydroxylation is 2. The molecule has 0 amide bonds. The van der Waals surface area contributed by atoms with Crippen LogP contribution < -0.4 is 0 Å². The Morgan fingerprint density at radius 2 is 1.29 bits per heavy atom. The van der Waals surface area contributed by atoms with Crippen LogP contribution in [0.15, 0.2) is 36.9 Å². The average Bonchev–Trinajstić information content (AvgIpc) is 2.86. The van der Waals surface area contributed by atoms with Gasteiger partial charge >= 0.3 is 0 Å². The highest BCUT2D eigenvalue weighted by Crippen LogP contribution is 2.07. The molecular weight excluding hydrogens is 172 g/mol. The van der Waals surface area contributed by atoms with E-state index in [1.54, 1.807) is 0 Å². The van der Waals surface area contributed by atoms with Gasteiger partial charge in [-0.05, 0) is 48.9 Å². The molecule has 0 aliphatic rings. The van der Waals surface area contributed by atoms with Crippen LogP contribution in [-0.2, 0) is 12.8 Å². The standard InChI is InChI=1S/C12H16N2/c1(3-11-5-7-13-9-11)2-4-12-6-8-14-10-12/h5-10,13-14H,1-4H2. The SMILES string of the molecule is c1cc(CCCCc2cc[nH]c2)c[nH]1. The highest BCUT2D eigenvalue weighted by Gasteiger charge is 1.95. The van der Waals surface area contributed by atoms with Crippen molar-refractivity contribution in [1.82, 2.24) is 9.97 Å². The molecule has 0 aliphatic heterocycles. The first-order valence-electron chi connectivity index (χ1n) is 5.18. The Kier molecular flexibility index (Phi) is 3.06. The molecule has 2 N–H and O–H groups in total. The van der Waals surface area contributed by atoms with Gasteiger partial charge in [-0.15, -0.1) is 0 Å². The minimum Gasteiger partial charge on any atom is -0.367 e. The zero-order chi connectivity index (χ0) is 9.64. The molecule has 2 rings (SSSR count). The first-order chi connectivity index (χ1) is 6.95. The summed E-state index contributed by atoms with van der Waals surface area (Å²) in [6.07, 6.45) is 13.0. The van der Waals surface area contributed by atoms with Gasteiger partial charge in [0.2, 0.25) is 0 Å². The zero-order valence-corrected chi connectivity index (χ0v) is 8.29. The number of hydrogen-bond acceptors (Lipinski definition) is 0. The first kappa shape index (κ1) is 9.13. The second-order valence-corrected chi connectivity index (χ2v) is 3.65. The van der Waals surface area contributed by atoms with E-state index < -0.39 is 0 Å². The lowest BCUT2D eigenvalue weighted by Gasteiger charge is -1.97. The van der Waals surface area contributed by atoms with Crippen LogP contribution in [0.2, 0.25) is 0 Å². The third kappa shape index (κ3) is 2.52. The predicted octanol–water partition coefficient (Wildman–Crippen LogP) is 2.91. The van der Waals surface area contributed by atoms with Gasteiger partial charge in [0.05, 0.1) is 0 Å². The van der Waals surface area contributed by atoms with Crippen LogP contribution in [0.25, 0.3) is 0 Å². The number of unbranched alkanes of at least 4 members (excludes halogenated alkanes) is 1. The quantitative estimate of drug-likeness (QED) is 0.676. The number of nitrogens with one attached hydrogen (secondary N) is 2. The molecular formula is C12H16N2. The minimum atomic E-state index is 1.19. The number of rotatable bonds is 5. The van der Waals surface area contributed by atoms with Crippen molar-refractivity contribution in [2.75, 3.05) is 0 Å². The van der Waals surface area contributed by atoms with E-state index in [-0.39, 0.29) is 0 Å². The summed E-state index contributed by atoms with van der Waals surface area (Å²) in [5.41, 5.74) is 2.83. The van der Waals surface area contributed by atoms with E-state index in [1.807, 2.05) is 12.4 Å². The fraction of sp³-hybridized carbons (Fsp3) is 0.333. The summed E-state index contributed by atoms with van der Waals surface area (Å²) < 4.78 is 0. The van der Waals surface area contributed by atoms with E-state index in [4.69, 9.17) is 0 Å². The van der Waals surface area contributed by atoms with Crippen molar-refractivity contribution in [1.29, 1.82) is 0 Å². The second-order valence-electron chi connectivity index (χ2n) is 3.65. The molecule has 0 aliphatic carbocycles. The summed E-state index contributed by atoms with van der Waals surface area (Å²) >= 11 is 0. The Bertz CT molecular complexity index is 296. The maximum atomic E-state index is 3.08. The maximum Gasteiger partial charge on any atom is 0.00373 e. The number of H-pyrrole nitrogens is 2. The molecule has 2 heterocycles. The Hall–Kier alpha value is -1.44. The summed E-state index contributed by atoms with van der Waals surface area (Å²) in [5, 5.41) is 0. The van der Waals surface area contributed by atoms with Crippen molar-refractivity contribution >= 4 is 0 Å². The van der Waals surface area contributed by atoms with Gasteiger partial charge in [-0.25, -0.2) is 0 Å². The summed E-state index contributed by atoms with van der Waals surface area (Å²) in [5.74, 6) is 0. The lowest BCUT2D eigenvalue weighted by atomic mass is 10.1. The Balaban J connectivity index is 1.65. The van der Waals surface area contributed by atoms with Gasteiger partial charge in [0, 0.05) is 24.8 Å². The summed E-state index contributed by atoms with van der Waals surface area (Å²) in [7, 11) is 0. The largest absolute Gasteiger partial charge is 0.367 e. The van der Waals surface area contributed by atoms with Crippen LogP contribution in [0.5, 0.6) is 0 Å². The number of aromatic amines is 2. The smallest absolute Gasteiger partial charge is 0.00373 e. The summed E-state index contributed by atoms with van der Waals surface area (Å²) in [6, 6.07) is 4.30. The molecule has 14 heavy (non-hydrogen) atoms. The number of hydrogen-bond donors (Lipinski definition) is 2. The van der Waals surface area contributed by atoms with Crippen LogP contribution in [0.4, 0.5) is 0 Å². The van der Waals surface area contributed by atoms with E-state index in [1.165, 1.54) is 36.8 Å². The monoisotopic (exact) mass is 188 g/mol. The Morgan fingerprint density at radius 3 is 1.64 bits per heavy atom. The third-order valence-corrected chi connectivity index (χ3v) is 2.51. The molecule has 2 aromatic rings. The van der Waals surface area contributed by atoms with Crippen molar-refractivity contribution in [2.24, 2.45) is 0 Å². The van der Waals surface area contributed by atoms with Gasteiger partial charge in [0.1, 0.15) is 0 Å². The van der Waals surface area contributed by atoms with Gasteiger partial charge in [-0.3, -0.25) is 0 Å². The molecule has 0 fully saturated rings. The molecule has 0 radical (unpaired) electrons. The molecule has 0 bridgehead atoms. The van der Waals surface area contributed by atoms with E-state index in [9.17, 15) is 0 Å². The van der Waals surface area contributed by atoms with Crippen LogP contribution in [0.1, 0.15) is 24.0 Å². The van der Waals surface area contributed by atoms with Crippen LogP contribution in [0.3, 0.4) is 0 Å². The van der Waals surface area contributed by atoms with E-state index in [0.29, 0.717) is 0 Å². The molecule has 0 atom stereocenters. The minimum absolute atomic E-state index is 1.19. The van der Waals surface area contributed by atoms with Crippen LogP contribution in [-0.4, -0.2) is 9.97 Å². The van der Waals surface area contributed by atoms with E-state index >= 15 is 0 Å². The topological polar surface area (TPSA) is 31.6 Å². The molecule has 0 aromatic carbocycles. The van der Waals surface area contributed by atoms with Crippen molar-refractivity contribution < 1.29 is 0 Å². The zero-order valence-electron chi connectivity index (χ0n) is 8.29. The maximum absolute atomic E-state index is 3.08. The summed E-state index contributed by atoms with van der Waals surface area (Å²) in [4.78, 5) is 6.16. The Morgan fingerprint density at radius 1 is 0.786 bits per heavy atom. The van der Waals surface area contributed by atoms with Gasteiger partial charge in [0.25, 0.3) is 0 Å². The van der Waals surface area contributed by atoms with E-state index in [2.05, 4.69) is 34.5 Å². The average molecular weight is 188 g/mol. The third-order valence-electron chi connectivity index (χ3n) is 2.51. The molecule has 2 heteroatoms. The molecule has 2 aromatic heterocycles. The predicted molar refractivity (Wildman–Crippen MR) is 58.2 cm³/mol. The van der Waals surface area contributed by atoms with Crippen LogP contribution >= 0.6 is 0 Å². The van der Waals surface area contributed by atoms with Crippen molar-refractivity contribution in [3.8, 4) is 0 Å². The lowest BCUT2D eigenvalue weighted by Crippen LogP contribution is -1.86. The highest BCUT2D eigenvalue weighted by molar-refractivity contribution is 5.09. The van der Waals surface area contributed by atoms with Gasteiger partial charge in [-0.2, -0.15) is 0 Å². The molecule has 0 saturated heterocycles. The molecule has 2 nitrogen and oxygen atoms in total. The second kappa shape index (κ2) is 4.70. The van der Waals surface area contributed by atoms with Crippen LogP contribution in [0, 0.1) is 0 Å².